The number of hydrogen-bond acceptors (Lipinski definition) is 6. The van der Waals surface area contributed by atoms with E-state index in [0.717, 1.165) is 30.9 Å². The average Bonchev–Trinajstić information content (AvgIpc) is 3.35. The van der Waals surface area contributed by atoms with Gasteiger partial charge in [-0.25, -0.2) is 4.39 Å². The number of halogens is 1. The molecular formula is C27H29FN2O5. The zero-order valence-electron chi connectivity index (χ0n) is 19.7. The number of carbonyl (C=O) groups is 2. The van der Waals surface area contributed by atoms with E-state index in [9.17, 15) is 19.1 Å². The van der Waals surface area contributed by atoms with Gasteiger partial charge in [0.1, 0.15) is 23.4 Å². The van der Waals surface area contributed by atoms with E-state index >= 15 is 0 Å². The maximum absolute atomic E-state index is 15.0. The van der Waals surface area contributed by atoms with Crippen molar-refractivity contribution in [2.45, 2.75) is 31.9 Å². The number of hydrogen-bond donors (Lipinski definition) is 1. The van der Waals surface area contributed by atoms with Crippen molar-refractivity contribution < 1.29 is 28.6 Å². The molecule has 0 radical (unpaired) electrons. The number of amides is 1. The van der Waals surface area contributed by atoms with Crippen LogP contribution in [0.3, 0.4) is 0 Å². The number of aliphatic hydroxyl groups excluding tert-OH is 1. The average molecular weight is 481 g/mol. The number of morpholine rings is 1. The van der Waals surface area contributed by atoms with Crippen molar-refractivity contribution in [3.05, 3.63) is 70.5 Å². The molecule has 2 aromatic carbocycles. The number of rotatable bonds is 6. The number of Topliss-reactive ketones (excluding diaryl/α,β-unsaturated/α-hetero) is 1. The highest BCUT2D eigenvalue weighted by Crippen LogP contribution is 2.41. The lowest BCUT2D eigenvalue weighted by atomic mass is 9.94. The van der Waals surface area contributed by atoms with Crippen LogP contribution in [0.5, 0.6) is 5.75 Å². The fourth-order valence-electron chi connectivity index (χ4n) is 5.15. The Kier molecular flexibility index (Phi) is 6.58. The maximum atomic E-state index is 15.0. The zero-order valence-corrected chi connectivity index (χ0v) is 19.7. The number of fused-ring (bicyclic) bond motifs is 1. The van der Waals surface area contributed by atoms with Crippen LogP contribution in [0.15, 0.2) is 48.0 Å². The summed E-state index contributed by atoms with van der Waals surface area (Å²) in [4.78, 5) is 29.9. The minimum atomic E-state index is -0.996. The molecule has 2 atom stereocenters. The molecule has 2 fully saturated rings. The predicted molar refractivity (Wildman–Crippen MR) is 128 cm³/mol. The Morgan fingerprint density at radius 1 is 1.11 bits per heavy atom. The van der Waals surface area contributed by atoms with Gasteiger partial charge in [0.2, 0.25) is 0 Å². The first kappa shape index (κ1) is 23.5. The normalized spacial score (nSPS) is 24.0. The van der Waals surface area contributed by atoms with Crippen molar-refractivity contribution >= 4 is 17.4 Å². The second kappa shape index (κ2) is 9.79. The molecule has 7 nitrogen and oxygen atoms in total. The number of aliphatic hydroxyl groups is 1. The SMILES string of the molecule is C[C@H]1Cc2cc(/C(O)=C3\C(=O)C(=O)N(CCCN4CCOCC4)[C@@H]3c3ccccc3F)ccc2O1. The van der Waals surface area contributed by atoms with Gasteiger partial charge in [0, 0.05) is 43.7 Å². The summed E-state index contributed by atoms with van der Waals surface area (Å²) in [5.74, 6) is -1.61. The molecule has 0 bridgehead atoms. The smallest absolute Gasteiger partial charge is 0.295 e. The van der Waals surface area contributed by atoms with Crippen LogP contribution in [0.4, 0.5) is 4.39 Å². The summed E-state index contributed by atoms with van der Waals surface area (Å²) in [6.07, 6.45) is 1.33. The molecule has 2 saturated heterocycles. The Morgan fingerprint density at radius 2 is 1.89 bits per heavy atom. The van der Waals surface area contributed by atoms with Crippen LogP contribution in [0.1, 0.15) is 36.1 Å². The van der Waals surface area contributed by atoms with Gasteiger partial charge in [-0.1, -0.05) is 18.2 Å². The second-order valence-corrected chi connectivity index (χ2v) is 9.28. The molecular weight excluding hydrogens is 451 g/mol. The van der Waals surface area contributed by atoms with Gasteiger partial charge in [0.15, 0.2) is 0 Å². The summed E-state index contributed by atoms with van der Waals surface area (Å²) in [6, 6.07) is 10.3. The number of nitrogens with zero attached hydrogens (tertiary/aromatic N) is 2. The lowest BCUT2D eigenvalue weighted by molar-refractivity contribution is -0.140. The highest BCUT2D eigenvalue weighted by Gasteiger charge is 2.46. The fraction of sp³-hybridized carbons (Fsp3) is 0.407. The third-order valence-electron chi connectivity index (χ3n) is 6.89. The van der Waals surface area contributed by atoms with E-state index in [2.05, 4.69) is 4.90 Å². The summed E-state index contributed by atoms with van der Waals surface area (Å²) < 4.78 is 26.1. The quantitative estimate of drug-likeness (QED) is 0.388. The molecule has 3 heterocycles. The van der Waals surface area contributed by atoms with E-state index in [1.807, 2.05) is 6.92 Å². The molecule has 1 N–H and O–H groups in total. The summed E-state index contributed by atoms with van der Waals surface area (Å²) >= 11 is 0. The molecule has 0 aliphatic carbocycles. The highest BCUT2D eigenvalue weighted by atomic mass is 19.1. The highest BCUT2D eigenvalue weighted by molar-refractivity contribution is 6.46. The van der Waals surface area contributed by atoms with Gasteiger partial charge in [-0.2, -0.15) is 0 Å². The molecule has 3 aliphatic rings. The molecule has 0 saturated carbocycles. The first-order chi connectivity index (χ1) is 16.9. The number of carbonyl (C=O) groups excluding carboxylic acids is 2. The Hall–Kier alpha value is -3.23. The van der Waals surface area contributed by atoms with Gasteiger partial charge in [-0.05, 0) is 43.2 Å². The van der Waals surface area contributed by atoms with Crippen LogP contribution in [-0.4, -0.2) is 72.1 Å². The number of ether oxygens (including phenoxy) is 2. The summed E-state index contributed by atoms with van der Waals surface area (Å²) in [5, 5.41) is 11.3. The van der Waals surface area contributed by atoms with Crippen molar-refractivity contribution in [2.75, 3.05) is 39.4 Å². The molecule has 1 amide bonds. The number of benzene rings is 2. The van der Waals surface area contributed by atoms with Crippen molar-refractivity contribution in [2.24, 2.45) is 0 Å². The van der Waals surface area contributed by atoms with Crippen LogP contribution in [0.2, 0.25) is 0 Å². The molecule has 3 aliphatic heterocycles. The molecule has 184 valence electrons. The lowest BCUT2D eigenvalue weighted by Crippen LogP contribution is -2.39. The van der Waals surface area contributed by atoms with Crippen LogP contribution < -0.4 is 4.74 Å². The van der Waals surface area contributed by atoms with Crippen molar-refractivity contribution in [1.82, 2.24) is 9.80 Å². The minimum Gasteiger partial charge on any atom is -0.507 e. The van der Waals surface area contributed by atoms with E-state index in [0.29, 0.717) is 31.6 Å². The Bertz CT molecular complexity index is 1170. The third kappa shape index (κ3) is 4.56. The van der Waals surface area contributed by atoms with E-state index < -0.39 is 23.5 Å². The Balaban J connectivity index is 1.49. The Morgan fingerprint density at radius 3 is 2.66 bits per heavy atom. The number of ketones is 1. The summed E-state index contributed by atoms with van der Waals surface area (Å²) in [6.45, 7) is 5.94. The van der Waals surface area contributed by atoms with Gasteiger partial charge in [-0.3, -0.25) is 14.5 Å². The van der Waals surface area contributed by atoms with Crippen LogP contribution in [0.25, 0.3) is 5.76 Å². The van der Waals surface area contributed by atoms with Gasteiger partial charge in [0.05, 0.1) is 24.8 Å². The maximum Gasteiger partial charge on any atom is 0.295 e. The summed E-state index contributed by atoms with van der Waals surface area (Å²) in [5.41, 5.74) is 1.44. The molecule has 0 spiro atoms. The molecule has 8 heteroatoms. The Labute approximate surface area is 203 Å². The van der Waals surface area contributed by atoms with E-state index in [4.69, 9.17) is 9.47 Å². The molecule has 2 aromatic rings. The third-order valence-corrected chi connectivity index (χ3v) is 6.89. The zero-order chi connectivity index (χ0) is 24.5. The largest absolute Gasteiger partial charge is 0.507 e. The molecule has 5 rings (SSSR count). The lowest BCUT2D eigenvalue weighted by Gasteiger charge is -2.29. The van der Waals surface area contributed by atoms with Gasteiger partial charge in [0.25, 0.3) is 11.7 Å². The van der Waals surface area contributed by atoms with Gasteiger partial charge < -0.3 is 19.5 Å². The van der Waals surface area contributed by atoms with Crippen molar-refractivity contribution in [1.29, 1.82) is 0 Å². The molecule has 35 heavy (non-hydrogen) atoms. The first-order valence-electron chi connectivity index (χ1n) is 12.1. The van der Waals surface area contributed by atoms with E-state index in [1.165, 1.54) is 11.0 Å². The standard InChI is InChI=1S/C27H29FN2O5/c1-17-15-19-16-18(7-8-22(19)35-17)25(31)23-24(20-5-2-3-6-21(20)28)30(27(33)26(23)32)10-4-9-29-11-13-34-14-12-29/h2-3,5-8,16-17,24,31H,4,9-15H2,1H3/b25-23+/t17-,24+/m0/s1. The topological polar surface area (TPSA) is 79.3 Å². The predicted octanol–water partition coefficient (Wildman–Crippen LogP) is 3.29. The van der Waals surface area contributed by atoms with Crippen LogP contribution >= 0.6 is 0 Å². The molecule has 0 unspecified atom stereocenters. The number of likely N-dealkylation sites (tertiary alicyclic amines) is 1. The van der Waals surface area contributed by atoms with Crippen molar-refractivity contribution in [3.8, 4) is 5.75 Å². The fourth-order valence-corrected chi connectivity index (χ4v) is 5.15. The van der Waals surface area contributed by atoms with Crippen molar-refractivity contribution in [3.63, 3.8) is 0 Å². The minimum absolute atomic E-state index is 0.0258. The summed E-state index contributed by atoms with van der Waals surface area (Å²) in [7, 11) is 0. The first-order valence-corrected chi connectivity index (χ1v) is 12.1. The van der Waals surface area contributed by atoms with E-state index in [1.54, 1.807) is 36.4 Å². The van der Waals surface area contributed by atoms with Gasteiger partial charge in [-0.15, -0.1) is 0 Å². The second-order valence-electron chi connectivity index (χ2n) is 9.28. The van der Waals surface area contributed by atoms with E-state index in [-0.39, 0.29) is 29.5 Å². The van der Waals surface area contributed by atoms with Crippen LogP contribution in [-0.2, 0) is 20.7 Å². The van der Waals surface area contributed by atoms with Crippen LogP contribution in [0, 0.1) is 5.82 Å². The molecule has 0 aromatic heterocycles. The van der Waals surface area contributed by atoms with Gasteiger partial charge >= 0.3 is 0 Å². The monoisotopic (exact) mass is 480 g/mol.